The van der Waals surface area contributed by atoms with Gasteiger partial charge in [0.2, 0.25) is 5.91 Å². The molecule has 0 aromatic heterocycles. The molecule has 1 unspecified atom stereocenters. The zero-order valence-corrected chi connectivity index (χ0v) is 13.3. The Kier molecular flexibility index (Phi) is 5.81. The number of benzene rings is 1. The van der Waals surface area contributed by atoms with E-state index < -0.39 is 0 Å². The summed E-state index contributed by atoms with van der Waals surface area (Å²) in [6, 6.07) is 7.11. The Labute approximate surface area is 131 Å². The summed E-state index contributed by atoms with van der Waals surface area (Å²) in [6.07, 6.45) is 2.78. The van der Waals surface area contributed by atoms with Crippen LogP contribution in [0.25, 0.3) is 0 Å². The minimum Gasteiger partial charge on any atom is -0.465 e. The van der Waals surface area contributed by atoms with Crippen LogP contribution in [0.5, 0.6) is 0 Å². The maximum Gasteiger partial charge on any atom is 0.337 e. The predicted octanol–water partition coefficient (Wildman–Crippen LogP) is 2.53. The molecular weight excluding hydrogens is 280 g/mol. The van der Waals surface area contributed by atoms with Crippen LogP contribution in [0.15, 0.2) is 24.3 Å². The molecule has 0 bridgehead atoms. The first kappa shape index (κ1) is 16.3. The molecule has 1 heterocycles. The summed E-state index contributed by atoms with van der Waals surface area (Å²) in [6.45, 7) is 4.50. The van der Waals surface area contributed by atoms with Gasteiger partial charge in [-0.15, -0.1) is 0 Å². The summed E-state index contributed by atoms with van der Waals surface area (Å²) in [5.74, 6) is 0.438. The van der Waals surface area contributed by atoms with Gasteiger partial charge in [-0.25, -0.2) is 4.79 Å². The molecule has 0 aliphatic carbocycles. The zero-order chi connectivity index (χ0) is 15.9. The predicted molar refractivity (Wildman–Crippen MR) is 85.9 cm³/mol. The molecular formula is C17H24N2O3. The van der Waals surface area contributed by atoms with Gasteiger partial charge in [-0.3, -0.25) is 4.79 Å². The summed E-state index contributed by atoms with van der Waals surface area (Å²) in [7, 11) is 1.36. The molecule has 0 saturated carbocycles. The van der Waals surface area contributed by atoms with Crippen LogP contribution in [0.3, 0.4) is 0 Å². The van der Waals surface area contributed by atoms with Gasteiger partial charge >= 0.3 is 5.97 Å². The molecule has 1 fully saturated rings. The maximum absolute atomic E-state index is 12.2. The van der Waals surface area contributed by atoms with Gasteiger partial charge in [0, 0.05) is 31.7 Å². The normalized spacial score (nSPS) is 17.9. The van der Waals surface area contributed by atoms with Gasteiger partial charge in [-0.1, -0.05) is 13.0 Å². The third-order valence-electron chi connectivity index (χ3n) is 3.96. The number of hydrogen-bond donors (Lipinski definition) is 1. The van der Waals surface area contributed by atoms with Gasteiger partial charge in [0.25, 0.3) is 0 Å². The minimum absolute atomic E-state index is 0.197. The van der Waals surface area contributed by atoms with E-state index in [9.17, 15) is 9.59 Å². The molecule has 22 heavy (non-hydrogen) atoms. The monoisotopic (exact) mass is 304 g/mol. The highest BCUT2D eigenvalue weighted by atomic mass is 16.5. The van der Waals surface area contributed by atoms with E-state index in [4.69, 9.17) is 4.74 Å². The van der Waals surface area contributed by atoms with Crippen molar-refractivity contribution in [3.8, 4) is 0 Å². The third kappa shape index (κ3) is 4.48. The van der Waals surface area contributed by atoms with Crippen LogP contribution in [0, 0.1) is 5.92 Å². The van der Waals surface area contributed by atoms with E-state index in [1.807, 2.05) is 11.0 Å². The number of anilines is 1. The number of hydrogen-bond acceptors (Lipinski definition) is 4. The van der Waals surface area contributed by atoms with Crippen molar-refractivity contribution in [2.24, 2.45) is 5.92 Å². The third-order valence-corrected chi connectivity index (χ3v) is 3.96. The number of carbonyl (C=O) groups is 2. The lowest BCUT2D eigenvalue weighted by atomic mass is 10.00. The number of nitrogens with one attached hydrogen (secondary N) is 1. The van der Waals surface area contributed by atoms with Crippen molar-refractivity contribution in [1.82, 2.24) is 4.90 Å². The Bertz CT molecular complexity index is 530. The number of carbonyl (C=O) groups excluding carboxylic acids is 2. The van der Waals surface area contributed by atoms with Crippen LogP contribution >= 0.6 is 0 Å². The molecule has 2 rings (SSSR count). The summed E-state index contributed by atoms with van der Waals surface area (Å²) >= 11 is 0. The first-order valence-electron chi connectivity index (χ1n) is 7.80. The Hall–Kier alpha value is -2.04. The number of nitrogens with zero attached hydrogens (tertiary/aromatic N) is 1. The van der Waals surface area contributed by atoms with Gasteiger partial charge < -0.3 is 15.0 Å². The van der Waals surface area contributed by atoms with Gasteiger partial charge in [-0.05, 0) is 37.0 Å². The fourth-order valence-electron chi connectivity index (χ4n) is 2.76. The van der Waals surface area contributed by atoms with E-state index in [-0.39, 0.29) is 11.9 Å². The van der Waals surface area contributed by atoms with Crippen molar-refractivity contribution in [2.45, 2.75) is 26.2 Å². The lowest BCUT2D eigenvalue weighted by Crippen LogP contribution is -2.39. The Morgan fingerprint density at radius 2 is 2.23 bits per heavy atom. The fraction of sp³-hybridized carbons (Fsp3) is 0.529. The second kappa shape index (κ2) is 7.82. The summed E-state index contributed by atoms with van der Waals surface area (Å²) in [4.78, 5) is 25.6. The summed E-state index contributed by atoms with van der Waals surface area (Å²) in [5, 5.41) is 3.19. The molecule has 5 nitrogen and oxygen atoms in total. The number of esters is 1. The van der Waals surface area contributed by atoms with Crippen molar-refractivity contribution >= 4 is 17.6 Å². The SMILES string of the molecule is COC(=O)c1cccc(NCCC(=O)N2CCCC(C)C2)c1. The van der Waals surface area contributed by atoms with Crippen LogP contribution < -0.4 is 5.32 Å². The molecule has 1 aliphatic heterocycles. The molecule has 120 valence electrons. The van der Waals surface area contributed by atoms with E-state index in [0.29, 0.717) is 24.4 Å². The minimum atomic E-state index is -0.359. The molecule has 0 radical (unpaired) electrons. The quantitative estimate of drug-likeness (QED) is 0.849. The van der Waals surface area contributed by atoms with Crippen molar-refractivity contribution < 1.29 is 14.3 Å². The molecule has 1 aliphatic rings. The van der Waals surface area contributed by atoms with Gasteiger partial charge in [-0.2, -0.15) is 0 Å². The average molecular weight is 304 g/mol. The fourth-order valence-corrected chi connectivity index (χ4v) is 2.76. The number of ether oxygens (including phenoxy) is 1. The van der Waals surface area contributed by atoms with E-state index in [0.717, 1.165) is 25.2 Å². The molecule has 1 aromatic rings. The van der Waals surface area contributed by atoms with Gasteiger partial charge in [0.15, 0.2) is 0 Å². The second-order valence-corrected chi connectivity index (χ2v) is 5.84. The van der Waals surface area contributed by atoms with Crippen molar-refractivity contribution in [2.75, 3.05) is 32.1 Å². The highest BCUT2D eigenvalue weighted by Crippen LogP contribution is 2.16. The highest BCUT2D eigenvalue weighted by Gasteiger charge is 2.20. The van der Waals surface area contributed by atoms with Crippen molar-refractivity contribution in [3.05, 3.63) is 29.8 Å². The second-order valence-electron chi connectivity index (χ2n) is 5.84. The van der Waals surface area contributed by atoms with E-state index in [2.05, 4.69) is 12.2 Å². The van der Waals surface area contributed by atoms with E-state index in [1.165, 1.54) is 13.5 Å². The molecule has 1 amide bonds. The first-order valence-corrected chi connectivity index (χ1v) is 7.80. The molecule has 1 N–H and O–H groups in total. The summed E-state index contributed by atoms with van der Waals surface area (Å²) in [5.41, 5.74) is 1.33. The van der Waals surface area contributed by atoms with Gasteiger partial charge in [0.05, 0.1) is 12.7 Å². The number of piperidine rings is 1. The lowest BCUT2D eigenvalue weighted by Gasteiger charge is -2.31. The number of amides is 1. The Morgan fingerprint density at radius 3 is 2.95 bits per heavy atom. The van der Waals surface area contributed by atoms with Crippen LogP contribution in [0.2, 0.25) is 0 Å². The molecule has 1 aromatic carbocycles. The van der Waals surface area contributed by atoms with Crippen LogP contribution in [-0.4, -0.2) is 43.5 Å². The Morgan fingerprint density at radius 1 is 1.41 bits per heavy atom. The smallest absolute Gasteiger partial charge is 0.337 e. The molecule has 0 spiro atoms. The van der Waals surface area contributed by atoms with Crippen LogP contribution in [0.1, 0.15) is 36.5 Å². The number of likely N-dealkylation sites (tertiary alicyclic amines) is 1. The highest BCUT2D eigenvalue weighted by molar-refractivity contribution is 5.90. The van der Waals surface area contributed by atoms with Crippen LogP contribution in [0.4, 0.5) is 5.69 Å². The number of rotatable bonds is 5. The topological polar surface area (TPSA) is 58.6 Å². The largest absolute Gasteiger partial charge is 0.465 e. The standard InChI is InChI=1S/C17H24N2O3/c1-13-5-4-10-19(12-13)16(20)8-9-18-15-7-3-6-14(11-15)17(21)22-2/h3,6-7,11,13,18H,4-5,8-10,12H2,1-2H3. The molecule has 5 heteroatoms. The number of methoxy groups -OCH3 is 1. The molecule has 1 atom stereocenters. The average Bonchev–Trinajstić information content (AvgIpc) is 2.54. The van der Waals surface area contributed by atoms with Gasteiger partial charge in [0.1, 0.15) is 0 Å². The lowest BCUT2D eigenvalue weighted by molar-refractivity contribution is -0.132. The zero-order valence-electron chi connectivity index (χ0n) is 13.3. The van der Waals surface area contributed by atoms with E-state index in [1.54, 1.807) is 18.2 Å². The first-order chi connectivity index (χ1) is 10.6. The molecule has 1 saturated heterocycles. The van der Waals surface area contributed by atoms with Crippen molar-refractivity contribution in [3.63, 3.8) is 0 Å². The van der Waals surface area contributed by atoms with E-state index >= 15 is 0 Å². The summed E-state index contributed by atoms with van der Waals surface area (Å²) < 4.78 is 4.70. The maximum atomic E-state index is 12.2. The van der Waals surface area contributed by atoms with Crippen molar-refractivity contribution in [1.29, 1.82) is 0 Å². The van der Waals surface area contributed by atoms with Crippen LogP contribution in [-0.2, 0) is 9.53 Å². The Balaban J connectivity index is 1.81.